The monoisotopic (exact) mass is 451 g/mol. The number of benzene rings is 1. The van der Waals surface area contributed by atoms with Gasteiger partial charge in [-0.1, -0.05) is 34.1 Å². The molecule has 1 aliphatic rings. The molecule has 1 aromatic carbocycles. The summed E-state index contributed by atoms with van der Waals surface area (Å²) < 4.78 is 27.7. The second-order valence-electron chi connectivity index (χ2n) is 6.64. The van der Waals surface area contributed by atoms with Gasteiger partial charge in [-0.05, 0) is 42.2 Å². The number of hydrogen-bond donors (Lipinski definition) is 1. The molecule has 0 aliphatic carbocycles. The highest BCUT2D eigenvalue weighted by Gasteiger charge is 2.31. The molecule has 1 aliphatic heterocycles. The van der Waals surface area contributed by atoms with Crippen molar-refractivity contribution in [1.29, 1.82) is 0 Å². The second kappa shape index (κ2) is 8.95. The van der Waals surface area contributed by atoms with Crippen LogP contribution in [-0.4, -0.2) is 36.7 Å². The Bertz CT molecular complexity index is 882. The van der Waals surface area contributed by atoms with Crippen LogP contribution in [0, 0.1) is 5.92 Å². The van der Waals surface area contributed by atoms with Crippen molar-refractivity contribution in [1.82, 2.24) is 14.6 Å². The number of piperidine rings is 1. The van der Waals surface area contributed by atoms with Gasteiger partial charge in [-0.25, -0.2) is 12.7 Å². The van der Waals surface area contributed by atoms with Crippen molar-refractivity contribution >= 4 is 31.9 Å². The fourth-order valence-corrected chi connectivity index (χ4v) is 5.16. The number of rotatable bonds is 6. The molecule has 27 heavy (non-hydrogen) atoms. The number of halogens is 1. The van der Waals surface area contributed by atoms with E-state index in [-0.39, 0.29) is 17.6 Å². The highest BCUT2D eigenvalue weighted by atomic mass is 79.9. The molecule has 0 saturated carbocycles. The molecule has 3 rings (SSSR count). The van der Waals surface area contributed by atoms with Crippen molar-refractivity contribution in [2.45, 2.75) is 25.1 Å². The highest BCUT2D eigenvalue weighted by molar-refractivity contribution is 9.10. The Hall–Kier alpha value is -1.77. The zero-order valence-electron chi connectivity index (χ0n) is 14.8. The first-order chi connectivity index (χ1) is 12.9. The molecule has 2 heterocycles. The van der Waals surface area contributed by atoms with E-state index in [0.29, 0.717) is 32.5 Å². The van der Waals surface area contributed by atoms with E-state index in [1.165, 1.54) is 4.31 Å². The van der Waals surface area contributed by atoms with Gasteiger partial charge in [0.2, 0.25) is 15.9 Å². The molecule has 0 unspecified atom stereocenters. The number of amides is 1. The summed E-state index contributed by atoms with van der Waals surface area (Å²) >= 11 is 3.36. The number of nitrogens with one attached hydrogen (secondary N) is 1. The van der Waals surface area contributed by atoms with Crippen molar-refractivity contribution in [2.24, 2.45) is 5.92 Å². The van der Waals surface area contributed by atoms with Crippen LogP contribution < -0.4 is 5.32 Å². The van der Waals surface area contributed by atoms with E-state index in [4.69, 9.17) is 0 Å². The molecule has 8 heteroatoms. The topological polar surface area (TPSA) is 79.4 Å². The van der Waals surface area contributed by atoms with E-state index in [1.54, 1.807) is 18.5 Å². The highest BCUT2D eigenvalue weighted by Crippen LogP contribution is 2.23. The lowest BCUT2D eigenvalue weighted by Gasteiger charge is -2.30. The van der Waals surface area contributed by atoms with Crippen LogP contribution in [0.25, 0.3) is 0 Å². The Labute approximate surface area is 168 Å². The molecule has 2 aromatic rings. The summed E-state index contributed by atoms with van der Waals surface area (Å²) in [5, 5.41) is 2.92. The Morgan fingerprint density at radius 3 is 2.59 bits per heavy atom. The van der Waals surface area contributed by atoms with Gasteiger partial charge in [0.05, 0.1) is 5.75 Å². The Morgan fingerprint density at radius 1 is 1.19 bits per heavy atom. The van der Waals surface area contributed by atoms with Gasteiger partial charge >= 0.3 is 0 Å². The Morgan fingerprint density at radius 2 is 1.93 bits per heavy atom. The number of pyridine rings is 1. The number of carbonyl (C=O) groups excluding carboxylic acids is 1. The number of carbonyl (C=O) groups is 1. The van der Waals surface area contributed by atoms with Crippen molar-refractivity contribution < 1.29 is 13.2 Å². The molecule has 0 atom stereocenters. The predicted octanol–water partition coefficient (Wildman–Crippen LogP) is 2.70. The molecular formula is C19H22BrN3O3S. The van der Waals surface area contributed by atoms with Gasteiger partial charge in [0.25, 0.3) is 0 Å². The molecule has 0 bridgehead atoms. The summed E-state index contributed by atoms with van der Waals surface area (Å²) in [7, 11) is -3.39. The van der Waals surface area contributed by atoms with Crippen molar-refractivity contribution in [3.8, 4) is 0 Å². The van der Waals surface area contributed by atoms with E-state index in [0.717, 1.165) is 15.6 Å². The van der Waals surface area contributed by atoms with Crippen molar-refractivity contribution in [3.05, 3.63) is 64.4 Å². The molecule has 0 radical (unpaired) electrons. The van der Waals surface area contributed by atoms with Gasteiger partial charge in [-0.15, -0.1) is 0 Å². The smallest absolute Gasteiger partial charge is 0.223 e. The summed E-state index contributed by atoms with van der Waals surface area (Å²) in [5.74, 6) is -0.202. The van der Waals surface area contributed by atoms with E-state index < -0.39 is 10.0 Å². The quantitative estimate of drug-likeness (QED) is 0.731. The molecule has 144 valence electrons. The van der Waals surface area contributed by atoms with Crippen molar-refractivity contribution in [3.63, 3.8) is 0 Å². The molecule has 1 amide bonds. The zero-order valence-corrected chi connectivity index (χ0v) is 17.2. The Balaban J connectivity index is 1.51. The number of sulfonamides is 1. The minimum absolute atomic E-state index is 0.0235. The summed E-state index contributed by atoms with van der Waals surface area (Å²) in [6.07, 6.45) is 4.49. The summed E-state index contributed by atoms with van der Waals surface area (Å²) in [5.41, 5.74) is 1.69. The van der Waals surface area contributed by atoms with E-state index >= 15 is 0 Å². The SMILES string of the molecule is O=C(NCc1cccnc1)C1CCN(S(=O)(=O)Cc2cccc(Br)c2)CC1. The van der Waals surface area contributed by atoms with Gasteiger partial charge < -0.3 is 5.32 Å². The molecule has 6 nitrogen and oxygen atoms in total. The number of hydrogen-bond acceptors (Lipinski definition) is 4. The van der Waals surface area contributed by atoms with Gasteiger partial charge in [0, 0.05) is 42.4 Å². The third-order valence-electron chi connectivity index (χ3n) is 4.65. The molecular weight excluding hydrogens is 430 g/mol. The lowest BCUT2D eigenvalue weighted by Crippen LogP contribution is -2.43. The fraction of sp³-hybridized carbons (Fsp3) is 0.368. The van der Waals surface area contributed by atoms with Crippen LogP contribution in [-0.2, 0) is 27.1 Å². The van der Waals surface area contributed by atoms with Crippen molar-refractivity contribution in [2.75, 3.05) is 13.1 Å². The van der Waals surface area contributed by atoms with Crippen LogP contribution >= 0.6 is 15.9 Å². The van der Waals surface area contributed by atoms with Gasteiger partial charge in [0.15, 0.2) is 0 Å². The zero-order chi connectivity index (χ0) is 19.3. The minimum Gasteiger partial charge on any atom is -0.352 e. The average Bonchev–Trinajstić information content (AvgIpc) is 2.67. The molecule has 1 N–H and O–H groups in total. The molecule has 1 saturated heterocycles. The normalized spacial score (nSPS) is 16.2. The van der Waals surface area contributed by atoms with Crippen LogP contribution in [0.15, 0.2) is 53.3 Å². The van der Waals surface area contributed by atoms with Gasteiger partial charge in [-0.2, -0.15) is 0 Å². The third kappa shape index (κ3) is 5.60. The fourth-order valence-electron chi connectivity index (χ4n) is 3.16. The van der Waals surface area contributed by atoms with Crippen LogP contribution in [0.4, 0.5) is 0 Å². The second-order valence-corrected chi connectivity index (χ2v) is 9.52. The number of aromatic nitrogens is 1. The number of nitrogens with zero attached hydrogens (tertiary/aromatic N) is 2. The third-order valence-corrected chi connectivity index (χ3v) is 6.99. The summed E-state index contributed by atoms with van der Waals surface area (Å²) in [4.78, 5) is 16.4. The maximum absolute atomic E-state index is 12.7. The van der Waals surface area contributed by atoms with Crippen LogP contribution in [0.1, 0.15) is 24.0 Å². The van der Waals surface area contributed by atoms with Gasteiger partial charge in [-0.3, -0.25) is 9.78 Å². The van der Waals surface area contributed by atoms with Crippen LogP contribution in [0.3, 0.4) is 0 Å². The molecule has 0 spiro atoms. The lowest BCUT2D eigenvalue weighted by atomic mass is 9.97. The lowest BCUT2D eigenvalue weighted by molar-refractivity contribution is -0.126. The predicted molar refractivity (Wildman–Crippen MR) is 107 cm³/mol. The Kier molecular flexibility index (Phi) is 6.62. The van der Waals surface area contributed by atoms with Crippen LogP contribution in [0.5, 0.6) is 0 Å². The first kappa shape index (κ1) is 20.0. The van der Waals surface area contributed by atoms with E-state index in [1.807, 2.05) is 30.3 Å². The first-order valence-electron chi connectivity index (χ1n) is 8.83. The van der Waals surface area contributed by atoms with E-state index in [2.05, 4.69) is 26.2 Å². The minimum atomic E-state index is -3.39. The molecule has 1 fully saturated rings. The maximum atomic E-state index is 12.7. The van der Waals surface area contributed by atoms with E-state index in [9.17, 15) is 13.2 Å². The largest absolute Gasteiger partial charge is 0.352 e. The standard InChI is InChI=1S/C19H22BrN3O3S/c20-18-5-1-3-15(11-18)14-27(25,26)23-9-6-17(7-10-23)19(24)22-13-16-4-2-8-21-12-16/h1-5,8,11-12,17H,6-7,9-10,13-14H2,(H,22,24). The maximum Gasteiger partial charge on any atom is 0.223 e. The summed E-state index contributed by atoms with van der Waals surface area (Å²) in [6.45, 7) is 1.19. The first-order valence-corrected chi connectivity index (χ1v) is 11.2. The average molecular weight is 452 g/mol. The summed E-state index contributed by atoms with van der Waals surface area (Å²) in [6, 6.07) is 11.1. The molecule has 1 aromatic heterocycles. The van der Waals surface area contributed by atoms with Crippen LogP contribution in [0.2, 0.25) is 0 Å². The van der Waals surface area contributed by atoms with Gasteiger partial charge in [0.1, 0.15) is 0 Å².